The number of nitrogens with zero attached hydrogens (tertiary/aromatic N) is 2. The first-order chi connectivity index (χ1) is 26.3. The monoisotopic (exact) mass is 785 g/mol. The number of aromatic hydroxyl groups is 2. The lowest BCUT2D eigenvalue weighted by atomic mass is 9.49. The van der Waals surface area contributed by atoms with Gasteiger partial charge in [0.1, 0.15) is 17.1 Å². The molecule has 4 aliphatic rings. The van der Waals surface area contributed by atoms with Gasteiger partial charge in [0.2, 0.25) is 11.8 Å². The number of halogens is 3. The molecule has 3 fully saturated rings. The number of rotatable bonds is 7. The topological polar surface area (TPSA) is 174 Å². The van der Waals surface area contributed by atoms with E-state index < -0.39 is 81.7 Å². The Kier molecular flexibility index (Phi) is 8.61. The van der Waals surface area contributed by atoms with E-state index in [-0.39, 0.29) is 40.7 Å². The van der Waals surface area contributed by atoms with E-state index in [1.807, 2.05) is 6.08 Å². The molecule has 1 saturated carbocycles. The predicted octanol–water partition coefficient (Wildman–Crippen LogP) is 6.44. The molecule has 0 aromatic heterocycles. The molecule has 2 aliphatic carbocycles. The molecule has 2 heterocycles. The molecule has 55 heavy (non-hydrogen) atoms. The highest BCUT2D eigenvalue weighted by Gasteiger charge is 2.70. The number of carboxylic acid groups (broad SMARTS) is 1. The molecule has 12 nitrogen and oxygen atoms in total. The van der Waals surface area contributed by atoms with Gasteiger partial charge in [-0.3, -0.25) is 24.6 Å². The molecule has 0 spiro atoms. The van der Waals surface area contributed by atoms with Crippen LogP contribution < -0.4 is 15.1 Å². The third-order valence-corrected chi connectivity index (χ3v) is 11.9. The minimum absolute atomic E-state index is 0.0114. The second-order valence-corrected chi connectivity index (χ2v) is 14.8. The number of carbonyl (C=O) groups excluding carboxylic acids is 4. The van der Waals surface area contributed by atoms with Crippen molar-refractivity contribution in [2.75, 3.05) is 17.4 Å². The summed E-state index contributed by atoms with van der Waals surface area (Å²) in [6.45, 7) is 0. The average Bonchev–Trinajstić information content (AvgIpc) is 3.54. The van der Waals surface area contributed by atoms with Crippen LogP contribution in [0, 0.1) is 29.5 Å². The number of fused-ring (bicyclic) bond motifs is 4. The Bertz CT molecular complexity index is 2370. The van der Waals surface area contributed by atoms with Crippen molar-refractivity contribution < 1.29 is 48.4 Å². The van der Waals surface area contributed by atoms with Gasteiger partial charge in [-0.15, -0.1) is 0 Å². The molecule has 280 valence electrons. The summed E-state index contributed by atoms with van der Waals surface area (Å²) >= 11 is 12.9. The van der Waals surface area contributed by atoms with Crippen LogP contribution in [0.5, 0.6) is 17.2 Å². The minimum atomic E-state index is -1.71. The number of ether oxygens (including phenoxy) is 1. The fraction of sp³-hybridized carbons (Fsp3) is 0.225. The number of imide groups is 2. The van der Waals surface area contributed by atoms with Crippen molar-refractivity contribution in [3.63, 3.8) is 0 Å². The number of aromatic carboxylic acids is 1. The van der Waals surface area contributed by atoms with Gasteiger partial charge >= 0.3 is 5.97 Å². The Morgan fingerprint density at radius 1 is 0.909 bits per heavy atom. The molecule has 2 aliphatic heterocycles. The van der Waals surface area contributed by atoms with E-state index in [4.69, 9.17) is 27.9 Å². The van der Waals surface area contributed by atoms with Crippen molar-refractivity contribution in [2.45, 2.75) is 24.2 Å². The number of hydrogen-bond acceptors (Lipinski definition) is 9. The first-order valence-electron chi connectivity index (χ1n) is 17.1. The number of benzene rings is 4. The van der Waals surface area contributed by atoms with Gasteiger partial charge in [-0.05, 0) is 90.6 Å². The van der Waals surface area contributed by atoms with Crippen LogP contribution >= 0.6 is 23.2 Å². The number of nitrogens with one attached hydrogen (secondary N) is 1. The third kappa shape index (κ3) is 5.35. The second kappa shape index (κ2) is 13.1. The van der Waals surface area contributed by atoms with Gasteiger partial charge in [-0.2, -0.15) is 5.01 Å². The van der Waals surface area contributed by atoms with Crippen LogP contribution in [-0.4, -0.2) is 57.0 Å². The Hall–Kier alpha value is -5.92. The summed E-state index contributed by atoms with van der Waals surface area (Å²) in [6, 6.07) is 18.0. The molecule has 6 unspecified atom stereocenters. The van der Waals surface area contributed by atoms with Crippen molar-refractivity contribution in [3.8, 4) is 17.2 Å². The molecule has 4 aromatic rings. The van der Waals surface area contributed by atoms with E-state index in [1.54, 1.807) is 24.3 Å². The number of anilines is 2. The Labute approximate surface area is 322 Å². The number of allylic oxidation sites excluding steroid dienone is 2. The number of carbonyl (C=O) groups is 5. The fourth-order valence-electron chi connectivity index (χ4n) is 9.04. The van der Waals surface area contributed by atoms with Crippen LogP contribution in [0.15, 0.2) is 90.5 Å². The lowest BCUT2D eigenvalue weighted by molar-refractivity contribution is -0.138. The Morgan fingerprint density at radius 3 is 2.27 bits per heavy atom. The highest BCUT2D eigenvalue weighted by molar-refractivity contribution is 6.32. The molecule has 0 radical (unpaired) electrons. The maximum absolute atomic E-state index is 15.3. The molecule has 6 atom stereocenters. The van der Waals surface area contributed by atoms with Gasteiger partial charge in [0, 0.05) is 17.0 Å². The van der Waals surface area contributed by atoms with Crippen LogP contribution in [0.25, 0.3) is 0 Å². The van der Waals surface area contributed by atoms with Crippen molar-refractivity contribution in [2.24, 2.45) is 23.7 Å². The summed E-state index contributed by atoms with van der Waals surface area (Å²) in [5.41, 5.74) is 2.35. The first kappa shape index (κ1) is 36.1. The van der Waals surface area contributed by atoms with Crippen molar-refractivity contribution in [3.05, 3.63) is 123 Å². The number of hydrazine groups is 1. The van der Waals surface area contributed by atoms with Crippen LogP contribution in [0.2, 0.25) is 10.0 Å². The van der Waals surface area contributed by atoms with Crippen molar-refractivity contribution >= 4 is 64.2 Å². The van der Waals surface area contributed by atoms with Gasteiger partial charge in [0.05, 0.1) is 46.7 Å². The third-order valence-electron chi connectivity index (χ3n) is 11.3. The molecule has 4 amide bonds. The van der Waals surface area contributed by atoms with Gasteiger partial charge in [0.25, 0.3) is 11.8 Å². The lowest BCUT2D eigenvalue weighted by Gasteiger charge is -2.50. The molecule has 8 rings (SSSR count). The van der Waals surface area contributed by atoms with E-state index >= 15 is 4.79 Å². The molecule has 4 aromatic carbocycles. The van der Waals surface area contributed by atoms with E-state index in [9.17, 15) is 38.9 Å². The standard InChI is InChI=1S/C40H30Cl2FN3O9/c1-55-31-15-18(14-29(42)34(31)48)33-24-12-13-26-32(37(51)45(35(26)49)23-10-11-25(38(52)53)30(47)16-23)27(24)17-28-36(50)46(44-22-8-6-21(43)7-9-22)39(54)40(28,33)19-2-4-20(41)5-3-19/h2-12,14-16,26-28,32-33,44,47-48H,13,17H2,1H3,(H,52,53). The van der Waals surface area contributed by atoms with E-state index in [0.29, 0.717) is 21.7 Å². The Balaban J connectivity index is 1.33. The summed E-state index contributed by atoms with van der Waals surface area (Å²) in [5.74, 6) is -10.3. The molecule has 2 saturated heterocycles. The lowest BCUT2D eigenvalue weighted by Crippen LogP contribution is -2.53. The van der Waals surface area contributed by atoms with Gasteiger partial charge in [-0.1, -0.05) is 47.0 Å². The summed E-state index contributed by atoms with van der Waals surface area (Å²) in [5, 5.41) is 31.8. The highest BCUT2D eigenvalue weighted by Crippen LogP contribution is 2.65. The normalized spacial score (nSPS) is 25.7. The van der Waals surface area contributed by atoms with Crippen LogP contribution in [0.1, 0.15) is 40.2 Å². The maximum Gasteiger partial charge on any atom is 0.339 e. The van der Waals surface area contributed by atoms with Crippen molar-refractivity contribution in [1.29, 1.82) is 0 Å². The fourth-order valence-corrected chi connectivity index (χ4v) is 9.39. The molecule has 0 bridgehead atoms. The van der Waals surface area contributed by atoms with E-state index in [0.717, 1.165) is 22.0 Å². The summed E-state index contributed by atoms with van der Waals surface area (Å²) in [7, 11) is 1.33. The van der Waals surface area contributed by atoms with Crippen LogP contribution in [-0.2, 0) is 24.6 Å². The highest BCUT2D eigenvalue weighted by atomic mass is 35.5. The zero-order chi connectivity index (χ0) is 39.1. The molecular formula is C40H30Cl2FN3O9. The van der Waals surface area contributed by atoms with Crippen molar-refractivity contribution in [1.82, 2.24) is 5.01 Å². The predicted molar refractivity (Wildman–Crippen MR) is 196 cm³/mol. The minimum Gasteiger partial charge on any atom is -0.507 e. The van der Waals surface area contributed by atoms with E-state index in [1.165, 1.54) is 49.6 Å². The van der Waals surface area contributed by atoms with Gasteiger partial charge in [0.15, 0.2) is 11.5 Å². The number of methoxy groups -OCH3 is 1. The maximum atomic E-state index is 15.3. The zero-order valence-corrected chi connectivity index (χ0v) is 30.2. The molecule has 15 heteroatoms. The zero-order valence-electron chi connectivity index (χ0n) is 28.7. The van der Waals surface area contributed by atoms with E-state index in [2.05, 4.69) is 5.43 Å². The quantitative estimate of drug-likeness (QED) is 0.121. The summed E-state index contributed by atoms with van der Waals surface area (Å²) in [6.07, 6.45) is 1.82. The summed E-state index contributed by atoms with van der Waals surface area (Å²) in [4.78, 5) is 71.2. The Morgan fingerprint density at radius 2 is 1.62 bits per heavy atom. The number of carboxylic acids is 1. The molecular weight excluding hydrogens is 756 g/mol. The summed E-state index contributed by atoms with van der Waals surface area (Å²) < 4.78 is 19.4. The first-order valence-corrected chi connectivity index (χ1v) is 17.9. The largest absolute Gasteiger partial charge is 0.507 e. The smallest absolute Gasteiger partial charge is 0.339 e. The van der Waals surface area contributed by atoms with Gasteiger partial charge in [-0.25, -0.2) is 14.1 Å². The SMILES string of the molecule is COc1cc(C2C3=CCC4C(=O)N(c5ccc(C(=O)O)c(O)c5)C(=O)C4C3CC3C(=O)N(Nc4ccc(F)cc4)C(=O)C32c2ccc(Cl)cc2)cc(Cl)c1O. The van der Waals surface area contributed by atoms with Crippen LogP contribution in [0.4, 0.5) is 15.8 Å². The number of amides is 4. The molecule has 4 N–H and O–H groups in total. The average molecular weight is 787 g/mol. The van der Waals surface area contributed by atoms with Crippen LogP contribution in [0.3, 0.4) is 0 Å². The second-order valence-electron chi connectivity index (χ2n) is 13.9. The number of phenols is 2. The number of phenolic OH excluding ortho intramolecular Hbond substituents is 1. The number of hydrogen-bond donors (Lipinski definition) is 4. The van der Waals surface area contributed by atoms with Gasteiger partial charge < -0.3 is 20.1 Å².